The van der Waals surface area contributed by atoms with Crippen LogP contribution in [-0.2, 0) is 5.41 Å². The minimum atomic E-state index is -0.262. The van der Waals surface area contributed by atoms with Crippen LogP contribution in [0.5, 0.6) is 0 Å². The smallest absolute Gasteiger partial charge is 0.143 e. The van der Waals surface area contributed by atoms with Crippen molar-refractivity contribution in [2.45, 2.75) is 19.3 Å². The largest absolute Gasteiger partial charge is 0.455 e. The molecule has 143 heavy (non-hydrogen) atoms. The van der Waals surface area contributed by atoms with Crippen molar-refractivity contribution in [2.24, 2.45) is 0 Å². The van der Waals surface area contributed by atoms with Gasteiger partial charge in [-0.1, -0.05) is 329 Å². The normalized spacial score (nSPS) is 12.3. The first kappa shape index (κ1) is 82.5. The van der Waals surface area contributed by atoms with Crippen molar-refractivity contribution in [2.75, 3.05) is 9.80 Å². The standard InChI is InChI=1S/C69H47N3O.C66H43N3O/c1-69(2)61-42-50(36-38-53(61)54-39-37-51(43-62(54)69)72-63-23-10-6-17-55(63)56-18-7-11-24-64(56)72)70(49-34-29-45(30-35-49)52-21-14-22-59-58-20-9-13-26-67(58)73-68(52)59)48-32-27-44(28-33-48)46-31-40-66-60(41-46)57-19-8-12-25-65(57)71(66)47-15-4-3-5-16-47;1-2-13-49(14-3-1)68-63-23-10-6-17-57(63)60-43-48(33-42-64(60)68)46-27-25-44(26-28-46)45-29-34-50(35-30-45)67(51-36-31-47(32-37-51)54-19-12-20-59-58-18-7-11-24-65(58)70-66(54)59)52-38-40-53(41-39-52)69-61-21-8-4-15-55(61)56-16-5-9-22-62(56)69/h3-43H,1-2H3;1-43H. The Morgan fingerprint density at radius 3 is 0.818 bits per heavy atom. The Labute approximate surface area is 825 Å². The molecular weight excluding hydrogens is 1740 g/mol. The van der Waals surface area contributed by atoms with Gasteiger partial charge in [0, 0.05) is 138 Å². The van der Waals surface area contributed by atoms with Crippen molar-refractivity contribution in [1.29, 1.82) is 0 Å². The predicted molar refractivity (Wildman–Crippen MR) is 599 cm³/mol. The van der Waals surface area contributed by atoms with Gasteiger partial charge < -0.3 is 36.9 Å². The Morgan fingerprint density at radius 1 is 0.168 bits per heavy atom. The molecule has 6 heterocycles. The van der Waals surface area contributed by atoms with E-state index in [9.17, 15) is 0 Å². The molecule has 0 bridgehead atoms. The summed E-state index contributed by atoms with van der Waals surface area (Å²) in [5, 5.41) is 14.6. The molecule has 0 N–H and O–H groups in total. The molecule has 0 unspecified atom stereocenters. The van der Waals surface area contributed by atoms with Gasteiger partial charge in [0.15, 0.2) is 0 Å². The van der Waals surface area contributed by atoms with E-state index in [1.54, 1.807) is 0 Å². The van der Waals surface area contributed by atoms with E-state index in [1.165, 1.54) is 149 Å². The Bertz CT molecular complexity index is 9800. The lowest BCUT2D eigenvalue weighted by Crippen LogP contribution is -2.17. The van der Waals surface area contributed by atoms with E-state index in [1.807, 2.05) is 18.2 Å². The molecule has 0 saturated heterocycles. The quantitative estimate of drug-likeness (QED) is 0.103. The molecule has 0 atom stereocenters. The number of hydrogen-bond donors (Lipinski definition) is 0. The molecule has 29 rings (SSSR count). The van der Waals surface area contributed by atoms with Crippen molar-refractivity contribution in [3.8, 4) is 89.5 Å². The minimum Gasteiger partial charge on any atom is -0.455 e. The highest BCUT2D eigenvalue weighted by Gasteiger charge is 2.37. The number of furan rings is 2. The molecule has 0 aliphatic heterocycles. The maximum Gasteiger partial charge on any atom is 0.143 e. The number of aromatic nitrogens is 4. The molecule has 28 aromatic rings. The SMILES string of the molecule is CC1(C)c2cc(N(c3ccc(-c4ccc5c(c4)c4ccccc4n5-c4ccccc4)cc3)c3ccc(-c4cccc5c4oc4ccccc45)cc3)ccc2-c2ccc(-n3c4ccccc4c4ccccc43)cc21.c1ccc(-n2c3ccccc3c3cc(-c4ccc(-c5ccc(N(c6ccc(-c7cccc8c7oc7ccccc78)cc6)c6ccc(-n7c8ccccc8c8ccccc87)cc6)cc5)cc4)ccc32)cc1. The third kappa shape index (κ3) is 13.6. The number of rotatable bonds is 15. The molecular formula is C135H90N6O2. The van der Waals surface area contributed by atoms with Crippen LogP contribution in [-0.4, -0.2) is 18.3 Å². The van der Waals surface area contributed by atoms with Gasteiger partial charge in [-0.05, 0) is 261 Å². The Kier molecular flexibility index (Phi) is 19.2. The average molecular weight is 1830 g/mol. The summed E-state index contributed by atoms with van der Waals surface area (Å²) in [6.45, 7) is 4.77. The predicted octanol–water partition coefficient (Wildman–Crippen LogP) is 37.1. The van der Waals surface area contributed by atoms with Crippen LogP contribution >= 0.6 is 0 Å². The highest BCUT2D eigenvalue weighted by Crippen LogP contribution is 2.54. The molecule has 0 radical (unpaired) electrons. The number of fused-ring (bicyclic) bond motifs is 21. The highest BCUT2D eigenvalue weighted by molar-refractivity contribution is 6.16. The fraction of sp³-hybridized carbons (Fsp3) is 0.0222. The van der Waals surface area contributed by atoms with E-state index < -0.39 is 0 Å². The number of anilines is 6. The maximum atomic E-state index is 6.51. The fourth-order valence-electron chi connectivity index (χ4n) is 23.0. The summed E-state index contributed by atoms with van der Waals surface area (Å²) in [4.78, 5) is 4.76. The summed E-state index contributed by atoms with van der Waals surface area (Å²) in [5.74, 6) is 0. The summed E-state index contributed by atoms with van der Waals surface area (Å²) in [6, 6.07) is 185. The maximum absolute atomic E-state index is 6.51. The molecule has 0 saturated carbocycles. The first-order chi connectivity index (χ1) is 70.7. The highest BCUT2D eigenvalue weighted by atomic mass is 16.3. The molecule has 8 nitrogen and oxygen atoms in total. The zero-order valence-electron chi connectivity index (χ0n) is 78.5. The van der Waals surface area contributed by atoms with Crippen LogP contribution in [0, 0.1) is 0 Å². The molecule has 8 heteroatoms. The number of para-hydroxylation sites is 12. The van der Waals surface area contributed by atoms with Crippen molar-refractivity contribution >= 4 is 165 Å². The third-order valence-electron chi connectivity index (χ3n) is 29.9. The third-order valence-corrected chi connectivity index (χ3v) is 29.9. The van der Waals surface area contributed by atoms with Crippen molar-refractivity contribution in [3.63, 3.8) is 0 Å². The van der Waals surface area contributed by atoms with Gasteiger partial charge in [-0.25, -0.2) is 0 Å². The fourth-order valence-corrected chi connectivity index (χ4v) is 23.0. The number of nitrogens with zero attached hydrogens (tertiary/aromatic N) is 6. The monoisotopic (exact) mass is 1830 g/mol. The molecule has 6 aromatic heterocycles. The molecule has 672 valence electrons. The van der Waals surface area contributed by atoms with Crippen molar-refractivity contribution < 1.29 is 8.83 Å². The van der Waals surface area contributed by atoms with Gasteiger partial charge in [0.05, 0.1) is 44.1 Å². The van der Waals surface area contributed by atoms with Crippen LogP contribution in [0.1, 0.15) is 25.0 Å². The summed E-state index contributed by atoms with van der Waals surface area (Å²) < 4.78 is 22.5. The second kappa shape index (κ2) is 33.3. The second-order valence-electron chi connectivity index (χ2n) is 38.2. The van der Waals surface area contributed by atoms with Gasteiger partial charge in [0.2, 0.25) is 0 Å². The lowest BCUT2D eigenvalue weighted by Gasteiger charge is -2.28. The van der Waals surface area contributed by atoms with Gasteiger partial charge in [-0.2, -0.15) is 0 Å². The van der Waals surface area contributed by atoms with E-state index in [-0.39, 0.29) is 5.41 Å². The van der Waals surface area contributed by atoms with Crippen LogP contribution in [0.15, 0.2) is 518 Å². The van der Waals surface area contributed by atoms with E-state index in [4.69, 9.17) is 8.83 Å². The van der Waals surface area contributed by atoms with Crippen LogP contribution in [0.3, 0.4) is 0 Å². The van der Waals surface area contributed by atoms with E-state index in [2.05, 4.69) is 533 Å². The molecule has 0 amide bonds. The molecule has 0 spiro atoms. The Morgan fingerprint density at radius 2 is 0.427 bits per heavy atom. The van der Waals surface area contributed by atoms with Gasteiger partial charge in [-0.15, -0.1) is 0 Å². The first-order valence-electron chi connectivity index (χ1n) is 49.1. The van der Waals surface area contributed by atoms with Crippen LogP contribution < -0.4 is 9.80 Å². The molecule has 1 aliphatic carbocycles. The zero-order valence-corrected chi connectivity index (χ0v) is 78.5. The Balaban J connectivity index is 0.000000140. The van der Waals surface area contributed by atoms with Gasteiger partial charge >= 0.3 is 0 Å². The van der Waals surface area contributed by atoms with E-state index >= 15 is 0 Å². The van der Waals surface area contributed by atoms with Crippen molar-refractivity contribution in [1.82, 2.24) is 18.3 Å². The lowest BCUT2D eigenvalue weighted by molar-refractivity contribution is 0.660. The minimum absolute atomic E-state index is 0.262. The Hall–Kier alpha value is -18.8. The summed E-state index contributed by atoms with van der Waals surface area (Å²) >= 11 is 0. The van der Waals surface area contributed by atoms with Crippen LogP contribution in [0.2, 0.25) is 0 Å². The number of benzene rings is 22. The van der Waals surface area contributed by atoms with Crippen molar-refractivity contribution in [3.05, 3.63) is 521 Å². The second-order valence-corrected chi connectivity index (χ2v) is 38.2. The van der Waals surface area contributed by atoms with Gasteiger partial charge in [0.1, 0.15) is 22.3 Å². The zero-order chi connectivity index (χ0) is 94.5. The summed E-state index contributed by atoms with van der Waals surface area (Å²) in [5.41, 5.74) is 40.8. The topological polar surface area (TPSA) is 52.5 Å². The van der Waals surface area contributed by atoms with Crippen LogP contribution in [0.4, 0.5) is 34.1 Å². The summed E-state index contributed by atoms with van der Waals surface area (Å²) in [6.07, 6.45) is 0. The molecule has 1 aliphatic rings. The first-order valence-corrected chi connectivity index (χ1v) is 49.1. The summed E-state index contributed by atoms with van der Waals surface area (Å²) in [7, 11) is 0. The molecule has 22 aromatic carbocycles. The lowest BCUT2D eigenvalue weighted by atomic mass is 9.82. The van der Waals surface area contributed by atoms with Crippen LogP contribution in [0.25, 0.3) is 221 Å². The molecule has 0 fully saturated rings. The van der Waals surface area contributed by atoms with E-state index in [0.29, 0.717) is 0 Å². The van der Waals surface area contributed by atoms with E-state index in [0.717, 1.165) is 117 Å². The van der Waals surface area contributed by atoms with Gasteiger partial charge in [-0.3, -0.25) is 0 Å². The van der Waals surface area contributed by atoms with Gasteiger partial charge in [0.25, 0.3) is 0 Å². The number of hydrogen-bond acceptors (Lipinski definition) is 4. The average Bonchev–Trinajstić information content (AvgIpc) is 1.51.